The van der Waals surface area contributed by atoms with Crippen LogP contribution in [-0.2, 0) is 6.54 Å². The Morgan fingerprint density at radius 1 is 1.53 bits per heavy atom. The third kappa shape index (κ3) is 3.03. The molecule has 100 valence electrons. The summed E-state index contributed by atoms with van der Waals surface area (Å²) in [6.07, 6.45) is 1.56. The van der Waals surface area contributed by atoms with Gasteiger partial charge in [0.2, 0.25) is 0 Å². The molecule has 19 heavy (non-hydrogen) atoms. The third-order valence-corrected chi connectivity index (χ3v) is 2.67. The number of hydrogen-bond acceptors (Lipinski definition) is 3. The molecule has 0 aliphatic heterocycles. The number of aryl methyl sites for hydroxylation is 1. The lowest BCUT2D eigenvalue weighted by atomic mass is 10.3. The highest BCUT2D eigenvalue weighted by atomic mass is 35.5. The van der Waals surface area contributed by atoms with Gasteiger partial charge in [-0.15, -0.1) is 0 Å². The second-order valence-corrected chi connectivity index (χ2v) is 4.34. The monoisotopic (exact) mass is 282 g/mol. The average molecular weight is 283 g/mol. The second kappa shape index (κ2) is 5.27. The van der Waals surface area contributed by atoms with E-state index >= 15 is 0 Å². The van der Waals surface area contributed by atoms with E-state index in [9.17, 15) is 9.18 Å². The normalized spacial score (nSPS) is 10.5. The summed E-state index contributed by atoms with van der Waals surface area (Å²) in [5.41, 5.74) is 6.30. The number of amides is 1. The first-order chi connectivity index (χ1) is 8.99. The number of nitrogen functional groups attached to an aromatic ring is 1. The van der Waals surface area contributed by atoms with Crippen molar-refractivity contribution in [2.24, 2.45) is 0 Å². The summed E-state index contributed by atoms with van der Waals surface area (Å²) in [5, 5.41) is 6.72. The molecule has 0 bridgehead atoms. The van der Waals surface area contributed by atoms with Crippen LogP contribution in [0.1, 0.15) is 17.4 Å². The number of benzene rings is 1. The maximum absolute atomic E-state index is 13.1. The second-order valence-electron chi connectivity index (χ2n) is 3.90. The number of rotatable bonds is 3. The van der Waals surface area contributed by atoms with Crippen LogP contribution < -0.4 is 11.1 Å². The Morgan fingerprint density at radius 3 is 2.84 bits per heavy atom. The SMILES string of the molecule is CCn1cc(N)c(C(=O)Nc2cc(F)cc(Cl)c2)n1. The molecule has 0 aliphatic carbocycles. The van der Waals surface area contributed by atoms with E-state index in [1.165, 1.54) is 6.07 Å². The molecule has 0 spiro atoms. The molecule has 0 saturated heterocycles. The van der Waals surface area contributed by atoms with Crippen LogP contribution in [0.3, 0.4) is 0 Å². The van der Waals surface area contributed by atoms with Gasteiger partial charge in [-0.05, 0) is 25.1 Å². The van der Waals surface area contributed by atoms with E-state index in [1.807, 2.05) is 6.92 Å². The number of nitrogens with zero attached hydrogens (tertiary/aromatic N) is 2. The Balaban J connectivity index is 2.22. The lowest BCUT2D eigenvalue weighted by Crippen LogP contribution is -2.15. The van der Waals surface area contributed by atoms with E-state index in [2.05, 4.69) is 10.4 Å². The smallest absolute Gasteiger partial charge is 0.278 e. The molecule has 7 heteroatoms. The van der Waals surface area contributed by atoms with Crippen LogP contribution in [0.4, 0.5) is 15.8 Å². The highest BCUT2D eigenvalue weighted by Crippen LogP contribution is 2.19. The minimum absolute atomic E-state index is 0.0993. The number of hydrogen-bond donors (Lipinski definition) is 2. The number of aromatic nitrogens is 2. The Hall–Kier alpha value is -2.08. The summed E-state index contributed by atoms with van der Waals surface area (Å²) in [6, 6.07) is 3.75. The van der Waals surface area contributed by atoms with E-state index in [4.69, 9.17) is 17.3 Å². The van der Waals surface area contributed by atoms with Crippen molar-refractivity contribution in [3.05, 3.63) is 40.9 Å². The molecular weight excluding hydrogens is 271 g/mol. The maximum Gasteiger partial charge on any atom is 0.278 e. The molecule has 5 nitrogen and oxygen atoms in total. The Morgan fingerprint density at radius 2 is 2.26 bits per heavy atom. The van der Waals surface area contributed by atoms with Crippen LogP contribution in [0.5, 0.6) is 0 Å². The van der Waals surface area contributed by atoms with Crippen LogP contribution in [0, 0.1) is 5.82 Å². The van der Waals surface area contributed by atoms with E-state index in [0.29, 0.717) is 6.54 Å². The number of carbonyl (C=O) groups excluding carboxylic acids is 1. The molecule has 0 saturated carbocycles. The summed E-state index contributed by atoms with van der Waals surface area (Å²) >= 11 is 5.70. The van der Waals surface area contributed by atoms with Crippen molar-refractivity contribution >= 4 is 28.9 Å². The number of anilines is 2. The fourth-order valence-corrected chi connectivity index (χ4v) is 1.81. The molecule has 1 heterocycles. The van der Waals surface area contributed by atoms with Gasteiger partial charge in [0.15, 0.2) is 5.69 Å². The molecule has 2 rings (SSSR count). The summed E-state index contributed by atoms with van der Waals surface area (Å²) < 4.78 is 14.7. The van der Waals surface area contributed by atoms with Gasteiger partial charge in [0.05, 0.1) is 5.69 Å². The fourth-order valence-electron chi connectivity index (χ4n) is 1.59. The van der Waals surface area contributed by atoms with Gasteiger partial charge >= 0.3 is 0 Å². The van der Waals surface area contributed by atoms with Crippen LogP contribution in [-0.4, -0.2) is 15.7 Å². The predicted octanol–water partition coefficient (Wildman–Crippen LogP) is 2.53. The molecule has 2 aromatic rings. The van der Waals surface area contributed by atoms with Gasteiger partial charge in [0.1, 0.15) is 5.82 Å². The lowest BCUT2D eigenvalue weighted by Gasteiger charge is -2.04. The number of nitrogens with two attached hydrogens (primary N) is 1. The molecule has 1 amide bonds. The van der Waals surface area contributed by atoms with Crippen LogP contribution in [0.2, 0.25) is 5.02 Å². The van der Waals surface area contributed by atoms with Crippen LogP contribution in [0.25, 0.3) is 0 Å². The standard InChI is InChI=1S/C12H12ClFN4O/c1-2-18-6-10(15)11(17-18)12(19)16-9-4-7(13)3-8(14)5-9/h3-6H,2,15H2,1H3,(H,16,19). The van der Waals surface area contributed by atoms with Crippen molar-refractivity contribution in [3.8, 4) is 0 Å². The van der Waals surface area contributed by atoms with Gasteiger partial charge in [-0.3, -0.25) is 9.48 Å². The molecule has 1 aromatic carbocycles. The quantitative estimate of drug-likeness (QED) is 0.908. The topological polar surface area (TPSA) is 72.9 Å². The van der Waals surface area contributed by atoms with E-state index < -0.39 is 11.7 Å². The molecule has 0 atom stereocenters. The van der Waals surface area contributed by atoms with Crippen molar-refractivity contribution in [2.75, 3.05) is 11.1 Å². The van der Waals surface area contributed by atoms with Crippen molar-refractivity contribution in [1.29, 1.82) is 0 Å². The fraction of sp³-hybridized carbons (Fsp3) is 0.167. The zero-order chi connectivity index (χ0) is 14.0. The largest absolute Gasteiger partial charge is 0.396 e. The van der Waals surface area contributed by atoms with Crippen molar-refractivity contribution in [1.82, 2.24) is 9.78 Å². The minimum atomic E-state index is -0.533. The Kier molecular flexibility index (Phi) is 3.71. The van der Waals surface area contributed by atoms with E-state index in [-0.39, 0.29) is 22.1 Å². The van der Waals surface area contributed by atoms with Crippen LogP contribution >= 0.6 is 11.6 Å². The van der Waals surface area contributed by atoms with Gasteiger partial charge in [0.25, 0.3) is 5.91 Å². The first-order valence-electron chi connectivity index (χ1n) is 5.60. The highest BCUT2D eigenvalue weighted by Gasteiger charge is 2.15. The number of nitrogens with one attached hydrogen (secondary N) is 1. The molecule has 0 radical (unpaired) electrons. The molecule has 0 unspecified atom stereocenters. The number of halogens is 2. The van der Waals surface area contributed by atoms with Gasteiger partial charge in [-0.2, -0.15) is 5.10 Å². The minimum Gasteiger partial charge on any atom is -0.396 e. The maximum atomic E-state index is 13.1. The summed E-state index contributed by atoms with van der Waals surface area (Å²) in [7, 11) is 0. The van der Waals surface area contributed by atoms with Crippen molar-refractivity contribution in [3.63, 3.8) is 0 Å². The van der Waals surface area contributed by atoms with Crippen molar-refractivity contribution in [2.45, 2.75) is 13.5 Å². The first-order valence-corrected chi connectivity index (χ1v) is 5.97. The van der Waals surface area contributed by atoms with Gasteiger partial charge in [0, 0.05) is 23.5 Å². The molecular formula is C12H12ClFN4O. The third-order valence-electron chi connectivity index (χ3n) is 2.45. The van der Waals surface area contributed by atoms with Crippen LogP contribution in [0.15, 0.2) is 24.4 Å². The highest BCUT2D eigenvalue weighted by molar-refractivity contribution is 6.31. The van der Waals surface area contributed by atoms with E-state index in [0.717, 1.165) is 12.1 Å². The number of carbonyl (C=O) groups is 1. The lowest BCUT2D eigenvalue weighted by molar-refractivity contribution is 0.102. The molecule has 0 fully saturated rings. The Bertz CT molecular complexity index is 606. The molecule has 1 aromatic heterocycles. The average Bonchev–Trinajstić information content (AvgIpc) is 2.69. The summed E-state index contributed by atoms with van der Waals surface area (Å²) in [6.45, 7) is 2.48. The predicted molar refractivity (Wildman–Crippen MR) is 71.7 cm³/mol. The van der Waals surface area contributed by atoms with E-state index in [1.54, 1.807) is 10.9 Å². The van der Waals surface area contributed by atoms with Crippen molar-refractivity contribution < 1.29 is 9.18 Å². The summed E-state index contributed by atoms with van der Waals surface area (Å²) in [5.74, 6) is -1.04. The molecule has 0 aliphatic rings. The summed E-state index contributed by atoms with van der Waals surface area (Å²) in [4.78, 5) is 12.0. The first kappa shape index (κ1) is 13.4. The zero-order valence-corrected chi connectivity index (χ0v) is 10.9. The van der Waals surface area contributed by atoms with Gasteiger partial charge in [-0.25, -0.2) is 4.39 Å². The zero-order valence-electron chi connectivity index (χ0n) is 10.2. The Labute approximate surface area is 114 Å². The van der Waals surface area contributed by atoms with Gasteiger partial charge < -0.3 is 11.1 Å². The van der Waals surface area contributed by atoms with Gasteiger partial charge in [-0.1, -0.05) is 11.6 Å². The molecule has 3 N–H and O–H groups in total.